The molecule has 1 fully saturated rings. The normalized spacial score (nSPS) is 14.6. The summed E-state index contributed by atoms with van der Waals surface area (Å²) in [6.45, 7) is 0. The summed E-state index contributed by atoms with van der Waals surface area (Å²) in [5.74, 6) is -0.348. The highest BCUT2D eigenvalue weighted by atomic mass is 79.9. The zero-order chi connectivity index (χ0) is 13.6. The fraction of sp³-hybridized carbons (Fsp3) is 0.250. The molecule has 0 saturated heterocycles. The van der Waals surface area contributed by atoms with Gasteiger partial charge in [0, 0.05) is 5.92 Å². The van der Waals surface area contributed by atoms with Gasteiger partial charge in [-0.05, 0) is 40.9 Å². The van der Waals surface area contributed by atoms with Crippen LogP contribution in [0, 0.1) is 0 Å². The van der Waals surface area contributed by atoms with Gasteiger partial charge >= 0.3 is 5.97 Å². The number of carboxylic acid groups (broad SMARTS) is 1. The topological polar surface area (TPSA) is 68.0 Å². The Kier molecular flexibility index (Phi) is 3.06. The molecule has 1 heterocycles. The minimum Gasteiger partial charge on any atom is -0.475 e. The van der Waals surface area contributed by atoms with Crippen molar-refractivity contribution in [2.24, 2.45) is 0 Å². The first-order valence-corrected chi connectivity index (χ1v) is 6.89. The van der Waals surface area contributed by atoms with E-state index < -0.39 is 5.97 Å². The number of carboxylic acids is 1. The molecule has 0 radical (unpaired) electrons. The van der Waals surface area contributed by atoms with Crippen molar-refractivity contribution in [3.05, 3.63) is 39.3 Å². The fourth-order valence-corrected chi connectivity index (χ4v) is 2.46. The van der Waals surface area contributed by atoms with Crippen molar-refractivity contribution in [3.8, 4) is 5.69 Å². The summed E-state index contributed by atoms with van der Waals surface area (Å²) in [4.78, 5) is 15.1. The molecular formula is C12H9BrClN3O2. The third-order valence-corrected chi connectivity index (χ3v) is 4.30. The van der Waals surface area contributed by atoms with E-state index >= 15 is 0 Å². The van der Waals surface area contributed by atoms with Crippen LogP contribution >= 0.6 is 27.5 Å². The summed E-state index contributed by atoms with van der Waals surface area (Å²) in [5.41, 5.74) is 0.703. The van der Waals surface area contributed by atoms with Crippen molar-refractivity contribution >= 4 is 33.5 Å². The zero-order valence-electron chi connectivity index (χ0n) is 9.68. The van der Waals surface area contributed by atoms with E-state index in [0.717, 1.165) is 12.8 Å². The van der Waals surface area contributed by atoms with Gasteiger partial charge < -0.3 is 5.11 Å². The van der Waals surface area contributed by atoms with E-state index in [4.69, 9.17) is 16.7 Å². The van der Waals surface area contributed by atoms with Crippen LogP contribution in [0.4, 0.5) is 0 Å². The van der Waals surface area contributed by atoms with Gasteiger partial charge in [-0.25, -0.2) is 14.5 Å². The molecule has 0 unspecified atom stereocenters. The molecule has 0 amide bonds. The van der Waals surface area contributed by atoms with Crippen LogP contribution in [0.2, 0.25) is 5.02 Å². The number of carbonyl (C=O) groups is 1. The number of aromatic nitrogens is 3. The second-order valence-corrected chi connectivity index (χ2v) is 5.56. The van der Waals surface area contributed by atoms with Gasteiger partial charge in [-0.1, -0.05) is 17.7 Å². The molecule has 2 aromatic rings. The number of rotatable bonds is 3. The van der Waals surface area contributed by atoms with Crippen LogP contribution in [-0.2, 0) is 0 Å². The van der Waals surface area contributed by atoms with E-state index in [2.05, 4.69) is 26.0 Å². The Bertz CT molecular complexity index is 667. The van der Waals surface area contributed by atoms with Crippen LogP contribution in [-0.4, -0.2) is 25.8 Å². The van der Waals surface area contributed by atoms with E-state index in [9.17, 15) is 4.79 Å². The van der Waals surface area contributed by atoms with E-state index in [0.29, 0.717) is 21.0 Å². The van der Waals surface area contributed by atoms with Crippen molar-refractivity contribution < 1.29 is 9.90 Å². The van der Waals surface area contributed by atoms with Gasteiger partial charge in [-0.3, -0.25) is 0 Å². The molecule has 1 aromatic heterocycles. The predicted molar refractivity (Wildman–Crippen MR) is 73.0 cm³/mol. The van der Waals surface area contributed by atoms with Gasteiger partial charge in [0.05, 0.1) is 15.2 Å². The van der Waals surface area contributed by atoms with E-state index in [-0.39, 0.29) is 11.7 Å². The summed E-state index contributed by atoms with van der Waals surface area (Å²) in [6.07, 6.45) is 2.02. The van der Waals surface area contributed by atoms with Gasteiger partial charge in [0.1, 0.15) is 5.82 Å². The first-order valence-electron chi connectivity index (χ1n) is 5.72. The molecule has 98 valence electrons. The minimum absolute atomic E-state index is 0.186. The minimum atomic E-state index is -1.13. The molecular weight excluding hydrogens is 334 g/mol. The fourth-order valence-electron chi connectivity index (χ4n) is 1.85. The molecule has 5 nitrogen and oxygen atoms in total. The SMILES string of the molecule is O=C(O)c1nc(C2CC2)n(-c2cccc(Cl)c2Br)n1. The molecule has 7 heteroatoms. The van der Waals surface area contributed by atoms with Crippen molar-refractivity contribution in [2.75, 3.05) is 0 Å². The van der Waals surface area contributed by atoms with Crippen LogP contribution in [0.5, 0.6) is 0 Å². The Morgan fingerprint density at radius 3 is 2.84 bits per heavy atom. The molecule has 3 rings (SSSR count). The number of aromatic carboxylic acids is 1. The standard InChI is InChI=1S/C12H9BrClN3O2/c13-9-7(14)2-1-3-8(9)17-11(6-4-5-6)15-10(16-17)12(18)19/h1-3,6H,4-5H2,(H,18,19). The third-order valence-electron chi connectivity index (χ3n) is 2.93. The Morgan fingerprint density at radius 1 is 1.47 bits per heavy atom. The number of benzene rings is 1. The van der Waals surface area contributed by atoms with Crippen LogP contribution in [0.25, 0.3) is 5.69 Å². The molecule has 0 spiro atoms. The zero-order valence-corrected chi connectivity index (χ0v) is 12.0. The molecule has 0 bridgehead atoms. The van der Waals surface area contributed by atoms with Gasteiger partial charge in [-0.15, -0.1) is 5.10 Å². The maximum atomic E-state index is 11.0. The number of hydrogen-bond acceptors (Lipinski definition) is 3. The van der Waals surface area contributed by atoms with Crippen molar-refractivity contribution in [1.82, 2.24) is 14.8 Å². The maximum Gasteiger partial charge on any atom is 0.375 e. The average Bonchev–Trinajstić information content (AvgIpc) is 3.12. The Hall–Kier alpha value is -1.40. The van der Waals surface area contributed by atoms with E-state index in [1.165, 1.54) is 0 Å². The summed E-state index contributed by atoms with van der Waals surface area (Å²) < 4.78 is 2.25. The highest BCUT2D eigenvalue weighted by molar-refractivity contribution is 9.10. The number of nitrogens with zero attached hydrogens (tertiary/aromatic N) is 3. The second-order valence-electron chi connectivity index (χ2n) is 4.36. The second kappa shape index (κ2) is 4.61. The lowest BCUT2D eigenvalue weighted by atomic mass is 10.3. The number of hydrogen-bond donors (Lipinski definition) is 1. The monoisotopic (exact) mass is 341 g/mol. The van der Waals surface area contributed by atoms with Crippen LogP contribution in [0.3, 0.4) is 0 Å². The smallest absolute Gasteiger partial charge is 0.375 e. The van der Waals surface area contributed by atoms with Gasteiger partial charge in [-0.2, -0.15) is 0 Å². The quantitative estimate of drug-likeness (QED) is 0.929. The average molecular weight is 343 g/mol. The predicted octanol–water partition coefficient (Wildman–Crippen LogP) is 3.26. The first kappa shape index (κ1) is 12.6. The highest BCUT2D eigenvalue weighted by Gasteiger charge is 2.32. The molecule has 19 heavy (non-hydrogen) atoms. The molecule has 1 aliphatic carbocycles. The van der Waals surface area contributed by atoms with Crippen molar-refractivity contribution in [2.45, 2.75) is 18.8 Å². The van der Waals surface area contributed by atoms with Crippen LogP contribution < -0.4 is 0 Å². The van der Waals surface area contributed by atoms with Crippen LogP contribution in [0.15, 0.2) is 22.7 Å². The molecule has 1 aromatic carbocycles. The van der Waals surface area contributed by atoms with Gasteiger partial charge in [0.15, 0.2) is 0 Å². The molecule has 0 atom stereocenters. The Labute approximate surface area is 122 Å². The highest BCUT2D eigenvalue weighted by Crippen LogP contribution is 2.41. The Balaban J connectivity index is 2.18. The molecule has 0 aliphatic heterocycles. The maximum absolute atomic E-state index is 11.0. The Morgan fingerprint density at radius 2 is 2.21 bits per heavy atom. The van der Waals surface area contributed by atoms with Crippen molar-refractivity contribution in [1.29, 1.82) is 0 Å². The van der Waals surface area contributed by atoms with E-state index in [1.807, 2.05) is 6.07 Å². The number of halogens is 2. The summed E-state index contributed by atoms with van der Waals surface area (Å²) in [7, 11) is 0. The molecule has 1 saturated carbocycles. The first-order chi connectivity index (χ1) is 9.08. The summed E-state index contributed by atoms with van der Waals surface area (Å²) in [5, 5.41) is 13.6. The summed E-state index contributed by atoms with van der Waals surface area (Å²) >= 11 is 9.45. The lowest BCUT2D eigenvalue weighted by Gasteiger charge is -2.08. The third kappa shape index (κ3) is 2.26. The van der Waals surface area contributed by atoms with E-state index in [1.54, 1.807) is 16.8 Å². The molecule has 1 N–H and O–H groups in total. The van der Waals surface area contributed by atoms with Crippen LogP contribution in [0.1, 0.15) is 35.2 Å². The van der Waals surface area contributed by atoms with Gasteiger partial charge in [0.25, 0.3) is 5.82 Å². The molecule has 1 aliphatic rings. The summed E-state index contributed by atoms with van der Waals surface area (Å²) in [6, 6.07) is 5.37. The van der Waals surface area contributed by atoms with Gasteiger partial charge in [0.2, 0.25) is 0 Å². The lowest BCUT2D eigenvalue weighted by Crippen LogP contribution is -2.04. The largest absolute Gasteiger partial charge is 0.475 e. The lowest BCUT2D eigenvalue weighted by molar-refractivity contribution is 0.0683. The van der Waals surface area contributed by atoms with Crippen molar-refractivity contribution in [3.63, 3.8) is 0 Å².